The Hall–Kier alpha value is -3.60. The number of carbonyl (C=O) groups is 1. The first-order chi connectivity index (χ1) is 15.3. The molecule has 10 nitrogen and oxygen atoms in total. The van der Waals surface area contributed by atoms with Gasteiger partial charge >= 0.3 is 5.69 Å². The van der Waals surface area contributed by atoms with Gasteiger partial charge in [0.2, 0.25) is 11.7 Å². The van der Waals surface area contributed by atoms with Gasteiger partial charge in [-0.3, -0.25) is 23.6 Å². The molecule has 1 aliphatic rings. The first-order valence-electron chi connectivity index (χ1n) is 10.2. The Kier molecular flexibility index (Phi) is 5.74. The van der Waals surface area contributed by atoms with Crippen molar-refractivity contribution in [2.75, 3.05) is 25.4 Å². The van der Waals surface area contributed by atoms with Crippen LogP contribution in [0.15, 0.2) is 38.4 Å². The first kappa shape index (κ1) is 21.6. The first-order valence-corrected chi connectivity index (χ1v) is 10.2. The van der Waals surface area contributed by atoms with Crippen molar-refractivity contribution >= 4 is 11.6 Å². The zero-order valence-corrected chi connectivity index (χ0v) is 17.7. The van der Waals surface area contributed by atoms with E-state index < -0.39 is 17.0 Å². The van der Waals surface area contributed by atoms with Crippen molar-refractivity contribution in [3.63, 3.8) is 0 Å². The van der Waals surface area contributed by atoms with E-state index in [0.717, 1.165) is 22.0 Å². The average molecular weight is 442 g/mol. The van der Waals surface area contributed by atoms with E-state index in [4.69, 9.17) is 10.3 Å². The van der Waals surface area contributed by atoms with Crippen LogP contribution < -0.4 is 17.0 Å². The Bertz CT molecular complexity index is 1290. The molecule has 0 amide bonds. The fourth-order valence-electron chi connectivity index (χ4n) is 3.95. The lowest BCUT2D eigenvalue weighted by atomic mass is 9.97. The predicted octanol–water partition coefficient (Wildman–Crippen LogP) is 0.918. The molecule has 3 heterocycles. The van der Waals surface area contributed by atoms with Crippen LogP contribution in [0, 0.1) is 5.82 Å². The lowest BCUT2D eigenvalue weighted by Crippen LogP contribution is -2.44. The number of Topliss-reactive ketones (excluding diaryl/α,β-unsaturated/α-hetero) is 1. The van der Waals surface area contributed by atoms with E-state index in [1.165, 1.54) is 26.2 Å². The molecule has 0 aliphatic carbocycles. The molecular formula is C21H23FN6O4. The maximum atomic E-state index is 13.5. The van der Waals surface area contributed by atoms with Crippen LogP contribution in [0.25, 0.3) is 11.4 Å². The molecule has 1 unspecified atom stereocenters. The summed E-state index contributed by atoms with van der Waals surface area (Å²) in [6.07, 6.45) is 1.58. The van der Waals surface area contributed by atoms with Gasteiger partial charge in [-0.1, -0.05) is 17.3 Å². The molecule has 0 saturated carbocycles. The molecule has 168 valence electrons. The third-order valence-electron chi connectivity index (χ3n) is 5.74. The van der Waals surface area contributed by atoms with Crippen molar-refractivity contribution in [3.05, 3.63) is 62.4 Å². The van der Waals surface area contributed by atoms with E-state index >= 15 is 0 Å². The number of carbonyl (C=O) groups excluding carboxylic acids is 1. The third-order valence-corrected chi connectivity index (χ3v) is 5.74. The van der Waals surface area contributed by atoms with Gasteiger partial charge in [-0.15, -0.1) is 0 Å². The van der Waals surface area contributed by atoms with E-state index in [0.29, 0.717) is 30.4 Å². The summed E-state index contributed by atoms with van der Waals surface area (Å²) in [5.41, 5.74) is 4.92. The summed E-state index contributed by atoms with van der Waals surface area (Å²) in [6.45, 7) is 1.10. The molecule has 11 heteroatoms. The Morgan fingerprint density at radius 2 is 2.06 bits per heavy atom. The lowest BCUT2D eigenvalue weighted by molar-refractivity contribution is 0.0897. The molecule has 2 aromatic heterocycles. The van der Waals surface area contributed by atoms with Crippen molar-refractivity contribution in [1.29, 1.82) is 0 Å². The number of rotatable bonds is 5. The van der Waals surface area contributed by atoms with Crippen LogP contribution in [-0.4, -0.2) is 49.6 Å². The molecule has 1 aliphatic heterocycles. The van der Waals surface area contributed by atoms with Gasteiger partial charge in [-0.25, -0.2) is 9.18 Å². The quantitative estimate of drug-likeness (QED) is 0.578. The normalized spacial score (nSPS) is 16.9. The van der Waals surface area contributed by atoms with Gasteiger partial charge in [0.25, 0.3) is 5.56 Å². The number of nitrogens with two attached hydrogens (primary N) is 1. The summed E-state index contributed by atoms with van der Waals surface area (Å²) in [4.78, 5) is 43.6. The molecule has 2 N–H and O–H groups in total. The fourth-order valence-corrected chi connectivity index (χ4v) is 3.95. The highest BCUT2D eigenvalue weighted by molar-refractivity contribution is 6.01. The molecule has 1 fully saturated rings. The monoisotopic (exact) mass is 442 g/mol. The van der Waals surface area contributed by atoms with Crippen molar-refractivity contribution in [2.24, 2.45) is 14.1 Å². The molecule has 0 bridgehead atoms. The standard InChI is InChI=1S/C21H23FN6O4/c1-26-17(23)16(20(30)27(2)21(26)31)15(29)11-28-8-4-6-13(10-28)19-24-18(25-32-19)12-5-3-7-14(22)9-12/h3,5,7,9,13H,4,6,8,10-11,23H2,1-2H3. The summed E-state index contributed by atoms with van der Waals surface area (Å²) >= 11 is 0. The van der Waals surface area contributed by atoms with E-state index in [9.17, 15) is 18.8 Å². The number of aromatic nitrogens is 4. The van der Waals surface area contributed by atoms with Crippen molar-refractivity contribution in [3.8, 4) is 11.4 Å². The molecule has 32 heavy (non-hydrogen) atoms. The smallest absolute Gasteiger partial charge is 0.332 e. The van der Waals surface area contributed by atoms with Crippen LogP contribution in [0.4, 0.5) is 10.2 Å². The third kappa shape index (κ3) is 3.98. The van der Waals surface area contributed by atoms with Gasteiger partial charge in [-0.2, -0.15) is 4.98 Å². The van der Waals surface area contributed by atoms with Crippen LogP contribution in [0.5, 0.6) is 0 Å². The lowest BCUT2D eigenvalue weighted by Gasteiger charge is -2.30. The highest BCUT2D eigenvalue weighted by Crippen LogP contribution is 2.28. The van der Waals surface area contributed by atoms with Gasteiger partial charge in [-0.05, 0) is 31.5 Å². The number of nitrogen functional groups attached to an aromatic ring is 1. The van der Waals surface area contributed by atoms with E-state index in [1.54, 1.807) is 12.1 Å². The Morgan fingerprint density at radius 3 is 2.81 bits per heavy atom. The van der Waals surface area contributed by atoms with Gasteiger partial charge in [0, 0.05) is 26.2 Å². The van der Waals surface area contributed by atoms with Crippen LogP contribution in [-0.2, 0) is 14.1 Å². The highest BCUT2D eigenvalue weighted by Gasteiger charge is 2.29. The molecule has 1 saturated heterocycles. The summed E-state index contributed by atoms with van der Waals surface area (Å²) in [6, 6.07) is 5.94. The second kappa shape index (κ2) is 8.50. The zero-order chi connectivity index (χ0) is 23.0. The second-order valence-corrected chi connectivity index (χ2v) is 7.93. The van der Waals surface area contributed by atoms with Crippen LogP contribution >= 0.6 is 0 Å². The van der Waals surface area contributed by atoms with Crippen molar-refractivity contribution in [1.82, 2.24) is 24.2 Å². The van der Waals surface area contributed by atoms with Gasteiger partial charge in [0.1, 0.15) is 17.2 Å². The maximum absolute atomic E-state index is 13.5. The minimum atomic E-state index is -0.708. The molecule has 0 radical (unpaired) electrons. The Balaban J connectivity index is 1.51. The number of hydrogen-bond acceptors (Lipinski definition) is 8. The average Bonchev–Trinajstić information content (AvgIpc) is 3.27. The van der Waals surface area contributed by atoms with Gasteiger partial charge in [0.15, 0.2) is 5.78 Å². The minimum Gasteiger partial charge on any atom is -0.384 e. The Labute approximate surface area is 182 Å². The topological polar surface area (TPSA) is 129 Å². The number of hydrogen-bond donors (Lipinski definition) is 1. The molecule has 1 atom stereocenters. The number of benzene rings is 1. The summed E-state index contributed by atoms with van der Waals surface area (Å²) < 4.78 is 20.8. The maximum Gasteiger partial charge on any atom is 0.332 e. The van der Waals surface area contributed by atoms with Crippen LogP contribution in [0.2, 0.25) is 0 Å². The number of anilines is 1. The number of piperidine rings is 1. The van der Waals surface area contributed by atoms with Crippen LogP contribution in [0.3, 0.4) is 0 Å². The van der Waals surface area contributed by atoms with E-state index in [1.807, 2.05) is 4.90 Å². The number of likely N-dealkylation sites (tertiary alicyclic amines) is 1. The number of halogens is 1. The second-order valence-electron chi connectivity index (χ2n) is 7.93. The number of ketones is 1. The SMILES string of the molecule is Cn1c(N)c(C(=O)CN2CCCC(c3nc(-c4cccc(F)c4)no3)C2)c(=O)n(C)c1=O. The van der Waals surface area contributed by atoms with Gasteiger partial charge in [0.05, 0.1) is 12.5 Å². The zero-order valence-electron chi connectivity index (χ0n) is 17.7. The van der Waals surface area contributed by atoms with E-state index in [2.05, 4.69) is 10.1 Å². The summed E-state index contributed by atoms with van der Waals surface area (Å²) in [5, 5.41) is 3.96. The van der Waals surface area contributed by atoms with Crippen molar-refractivity contribution < 1.29 is 13.7 Å². The fraction of sp³-hybridized carbons (Fsp3) is 0.381. The summed E-state index contributed by atoms with van der Waals surface area (Å²) in [5.74, 6) is -0.376. The molecule has 4 rings (SSSR count). The van der Waals surface area contributed by atoms with Gasteiger partial charge < -0.3 is 10.3 Å². The number of nitrogens with zero attached hydrogens (tertiary/aromatic N) is 5. The van der Waals surface area contributed by atoms with E-state index in [-0.39, 0.29) is 29.7 Å². The molecule has 3 aromatic rings. The molecule has 1 aromatic carbocycles. The van der Waals surface area contributed by atoms with Crippen molar-refractivity contribution in [2.45, 2.75) is 18.8 Å². The summed E-state index contributed by atoms with van der Waals surface area (Å²) in [7, 11) is 2.72. The molecule has 0 spiro atoms. The highest BCUT2D eigenvalue weighted by atomic mass is 19.1. The van der Waals surface area contributed by atoms with Crippen LogP contribution in [0.1, 0.15) is 35.0 Å². The predicted molar refractivity (Wildman–Crippen MR) is 114 cm³/mol. The Morgan fingerprint density at radius 1 is 1.28 bits per heavy atom. The molecular weight excluding hydrogens is 419 g/mol. The largest absolute Gasteiger partial charge is 0.384 e. The minimum absolute atomic E-state index is 0.0287.